The van der Waals surface area contributed by atoms with Crippen molar-refractivity contribution >= 4 is 40.3 Å². The van der Waals surface area contributed by atoms with Crippen LogP contribution >= 0.6 is 23.4 Å². The Bertz CT molecular complexity index is 1100. The number of hydrazone groups is 1. The van der Waals surface area contributed by atoms with Crippen LogP contribution in [-0.4, -0.2) is 37.6 Å². The Hall–Kier alpha value is -3.10. The largest absolute Gasteiger partial charge is 0.298 e. The summed E-state index contributed by atoms with van der Waals surface area (Å²) in [6, 6.07) is 18.4. The van der Waals surface area contributed by atoms with Crippen LogP contribution in [0.1, 0.15) is 17.4 Å². The first-order valence-corrected chi connectivity index (χ1v) is 10.1. The Kier molecular flexibility index (Phi) is 5.37. The van der Waals surface area contributed by atoms with E-state index < -0.39 is 0 Å². The Morgan fingerprint density at radius 2 is 1.83 bits per heavy atom. The van der Waals surface area contributed by atoms with E-state index in [0.717, 1.165) is 11.3 Å². The molecule has 0 saturated heterocycles. The fourth-order valence-electron chi connectivity index (χ4n) is 2.74. The van der Waals surface area contributed by atoms with E-state index in [1.54, 1.807) is 22.9 Å². The third kappa shape index (κ3) is 4.18. The molecule has 1 aliphatic rings. The summed E-state index contributed by atoms with van der Waals surface area (Å²) < 4.78 is 1.59. The van der Waals surface area contributed by atoms with Gasteiger partial charge in [-0.15, -0.1) is 5.10 Å². The molecule has 0 bridgehead atoms. The van der Waals surface area contributed by atoms with Crippen molar-refractivity contribution in [2.75, 3.05) is 5.88 Å². The number of hydrogen-bond acceptors (Lipinski definition) is 5. The summed E-state index contributed by atoms with van der Waals surface area (Å²) in [4.78, 5) is 24.4. The molecule has 2 amide bonds. The monoisotopic (exact) mass is 425 g/mol. The average Bonchev–Trinajstić information content (AvgIpc) is 3.37. The molecule has 0 unspecified atom stereocenters. The zero-order chi connectivity index (χ0) is 20.4. The normalized spacial score (nSPS) is 13.3. The minimum Gasteiger partial charge on any atom is -0.298 e. The molecule has 2 aromatic carbocycles. The second-order valence-electron chi connectivity index (χ2n) is 6.22. The lowest BCUT2D eigenvalue weighted by molar-refractivity contribution is -0.127. The molecule has 3 aromatic rings. The van der Waals surface area contributed by atoms with Gasteiger partial charge in [-0.05, 0) is 30.3 Å². The van der Waals surface area contributed by atoms with Crippen LogP contribution < -0.4 is 5.32 Å². The minimum absolute atomic E-state index is 0.180. The first-order valence-electron chi connectivity index (χ1n) is 8.73. The predicted molar refractivity (Wildman–Crippen MR) is 114 cm³/mol. The molecule has 0 fully saturated rings. The molecule has 2 heterocycles. The summed E-state index contributed by atoms with van der Waals surface area (Å²) >= 11 is 7.26. The van der Waals surface area contributed by atoms with Gasteiger partial charge in [-0.3, -0.25) is 14.9 Å². The number of carbonyl (C=O) groups is 2. The maximum Gasteiger partial charge on any atom is 0.276 e. The summed E-state index contributed by atoms with van der Waals surface area (Å²) in [6.45, 7) is 1.43. The van der Waals surface area contributed by atoms with Crippen LogP contribution in [0.25, 0.3) is 16.9 Å². The van der Waals surface area contributed by atoms with Gasteiger partial charge in [0, 0.05) is 17.5 Å². The molecule has 0 spiro atoms. The smallest absolute Gasteiger partial charge is 0.276 e. The van der Waals surface area contributed by atoms with Crippen LogP contribution in [0, 0.1) is 0 Å². The highest BCUT2D eigenvalue weighted by Crippen LogP contribution is 2.24. The maximum atomic E-state index is 13.0. The highest BCUT2D eigenvalue weighted by Gasteiger charge is 2.23. The summed E-state index contributed by atoms with van der Waals surface area (Å²) in [5.41, 5.74) is 2.59. The number of rotatable bonds is 3. The molecule has 7 nitrogen and oxygen atoms in total. The number of amidine groups is 1. The van der Waals surface area contributed by atoms with Crippen molar-refractivity contribution in [2.45, 2.75) is 6.92 Å². The Morgan fingerprint density at radius 1 is 1.10 bits per heavy atom. The SMILES string of the molecule is CC(=O)N1CSC(NC(=O)c2cc(-c3ccc(Cl)cc3)nn2-c2ccccc2)=N1. The Morgan fingerprint density at radius 3 is 2.48 bits per heavy atom. The van der Waals surface area contributed by atoms with Gasteiger partial charge in [0.1, 0.15) is 5.69 Å². The van der Waals surface area contributed by atoms with Gasteiger partial charge in [0.05, 0.1) is 17.3 Å². The van der Waals surface area contributed by atoms with Crippen LogP contribution in [0.15, 0.2) is 65.8 Å². The quantitative estimate of drug-likeness (QED) is 0.693. The van der Waals surface area contributed by atoms with E-state index in [1.165, 1.54) is 23.7 Å². The second kappa shape index (κ2) is 8.10. The van der Waals surface area contributed by atoms with Gasteiger partial charge in [0.2, 0.25) is 5.91 Å². The zero-order valence-electron chi connectivity index (χ0n) is 15.4. The molecule has 1 aromatic heterocycles. The third-order valence-electron chi connectivity index (χ3n) is 4.20. The van der Waals surface area contributed by atoms with E-state index in [1.807, 2.05) is 42.5 Å². The van der Waals surface area contributed by atoms with Crippen LogP contribution in [0.3, 0.4) is 0 Å². The van der Waals surface area contributed by atoms with Crippen molar-refractivity contribution in [1.82, 2.24) is 20.1 Å². The number of aromatic nitrogens is 2. The van der Waals surface area contributed by atoms with Gasteiger partial charge >= 0.3 is 0 Å². The van der Waals surface area contributed by atoms with Crippen LogP contribution in [0.4, 0.5) is 0 Å². The molecule has 146 valence electrons. The molecule has 29 heavy (non-hydrogen) atoms. The summed E-state index contributed by atoms with van der Waals surface area (Å²) in [5.74, 6) is -0.168. The number of amides is 2. The lowest BCUT2D eigenvalue weighted by Gasteiger charge is -2.07. The molecule has 0 radical (unpaired) electrons. The lowest BCUT2D eigenvalue weighted by atomic mass is 10.1. The van der Waals surface area contributed by atoms with Crippen molar-refractivity contribution in [3.8, 4) is 16.9 Å². The van der Waals surface area contributed by atoms with Crippen LogP contribution in [0.2, 0.25) is 5.02 Å². The first-order chi connectivity index (χ1) is 14.0. The summed E-state index contributed by atoms with van der Waals surface area (Å²) in [5, 5.41) is 13.8. The van der Waals surface area contributed by atoms with Gasteiger partial charge in [0.25, 0.3) is 5.91 Å². The van der Waals surface area contributed by atoms with E-state index in [-0.39, 0.29) is 11.8 Å². The van der Waals surface area contributed by atoms with E-state index in [2.05, 4.69) is 15.5 Å². The number of carbonyl (C=O) groups excluding carboxylic acids is 2. The highest BCUT2D eigenvalue weighted by atomic mass is 35.5. The fourth-order valence-corrected chi connectivity index (χ4v) is 3.68. The summed E-state index contributed by atoms with van der Waals surface area (Å²) in [6.07, 6.45) is 0. The molecule has 9 heteroatoms. The number of nitrogens with zero attached hydrogens (tertiary/aromatic N) is 4. The molecule has 0 atom stereocenters. The molecular weight excluding hydrogens is 410 g/mol. The number of thioether (sulfide) groups is 1. The average molecular weight is 426 g/mol. The standard InChI is InChI=1S/C20H16ClN5O2S/c1-13(27)25-12-29-20(24-25)22-19(28)18-11-17(14-7-9-15(21)10-8-14)23-26(18)16-5-3-2-4-6-16/h2-11H,12H2,1H3,(H,22,24,28). The van der Waals surface area contributed by atoms with Gasteiger partial charge in [-0.1, -0.05) is 53.7 Å². The number of nitrogens with one attached hydrogen (secondary N) is 1. The van der Waals surface area contributed by atoms with Crippen LogP contribution in [-0.2, 0) is 4.79 Å². The van der Waals surface area contributed by atoms with Gasteiger partial charge in [-0.2, -0.15) is 5.10 Å². The third-order valence-corrected chi connectivity index (χ3v) is 5.28. The zero-order valence-corrected chi connectivity index (χ0v) is 16.9. The van der Waals surface area contributed by atoms with E-state index in [9.17, 15) is 9.59 Å². The number of halogens is 1. The van der Waals surface area contributed by atoms with Crippen LogP contribution in [0.5, 0.6) is 0 Å². The van der Waals surface area contributed by atoms with Gasteiger partial charge in [-0.25, -0.2) is 9.69 Å². The summed E-state index contributed by atoms with van der Waals surface area (Å²) in [7, 11) is 0. The molecular formula is C20H16ClN5O2S. The van der Waals surface area contributed by atoms with E-state index in [0.29, 0.717) is 27.5 Å². The van der Waals surface area contributed by atoms with E-state index in [4.69, 9.17) is 11.6 Å². The number of hydrogen-bond donors (Lipinski definition) is 1. The van der Waals surface area contributed by atoms with Crippen molar-refractivity contribution in [3.05, 3.63) is 71.4 Å². The Labute approximate surface area is 176 Å². The number of benzene rings is 2. The van der Waals surface area contributed by atoms with Gasteiger partial charge in [0.15, 0.2) is 5.17 Å². The fraction of sp³-hybridized carbons (Fsp3) is 0.100. The molecule has 0 aliphatic carbocycles. The topological polar surface area (TPSA) is 79.6 Å². The van der Waals surface area contributed by atoms with Crippen molar-refractivity contribution in [3.63, 3.8) is 0 Å². The predicted octanol–water partition coefficient (Wildman–Crippen LogP) is 3.75. The van der Waals surface area contributed by atoms with E-state index >= 15 is 0 Å². The maximum absolute atomic E-state index is 13.0. The second-order valence-corrected chi connectivity index (χ2v) is 7.59. The molecule has 0 saturated carbocycles. The van der Waals surface area contributed by atoms with Crippen molar-refractivity contribution < 1.29 is 9.59 Å². The number of para-hydroxylation sites is 1. The Balaban J connectivity index is 1.69. The highest BCUT2D eigenvalue weighted by molar-refractivity contribution is 8.14. The van der Waals surface area contributed by atoms with Gasteiger partial charge < -0.3 is 0 Å². The molecule has 1 aliphatic heterocycles. The lowest BCUT2D eigenvalue weighted by Crippen LogP contribution is -2.29. The molecule has 1 N–H and O–H groups in total. The minimum atomic E-state index is -0.363. The van der Waals surface area contributed by atoms with Crippen molar-refractivity contribution in [2.24, 2.45) is 5.10 Å². The van der Waals surface area contributed by atoms with Crippen molar-refractivity contribution in [1.29, 1.82) is 0 Å². The first kappa shape index (κ1) is 19.2. The molecule has 4 rings (SSSR count).